The third kappa shape index (κ3) is 2.76. The van der Waals surface area contributed by atoms with Crippen molar-refractivity contribution in [2.45, 2.75) is 39.0 Å². The van der Waals surface area contributed by atoms with E-state index in [1.54, 1.807) is 12.2 Å². The van der Waals surface area contributed by atoms with Crippen molar-refractivity contribution in [1.82, 2.24) is 4.90 Å². The van der Waals surface area contributed by atoms with Crippen LogP contribution < -0.4 is 9.80 Å². The molecule has 2 aromatic carbocycles. The fourth-order valence-electron chi connectivity index (χ4n) is 4.10. The van der Waals surface area contributed by atoms with Gasteiger partial charge in [-0.25, -0.2) is 5.06 Å². The number of amides is 2. The zero-order valence-corrected chi connectivity index (χ0v) is 16.5. The topological polar surface area (TPSA) is 59.1 Å². The first kappa shape index (κ1) is 18.5. The number of hydroxylamine groups is 1. The van der Waals surface area contributed by atoms with E-state index in [1.807, 2.05) is 69.3 Å². The molecular formula is C22H24N2O4. The molecule has 4 rings (SSSR count). The highest BCUT2D eigenvalue weighted by Gasteiger charge is 2.60. The maximum absolute atomic E-state index is 13.2. The van der Waals surface area contributed by atoms with E-state index < -0.39 is 18.1 Å². The predicted octanol–water partition coefficient (Wildman–Crippen LogP) is 3.26. The van der Waals surface area contributed by atoms with Gasteiger partial charge >= 0.3 is 0 Å². The lowest BCUT2D eigenvalue weighted by atomic mass is 9.90. The number of aryl methyl sites for hydroxylation is 1. The fraction of sp³-hybridized carbons (Fsp3) is 0.364. The molecule has 0 radical (unpaired) electrons. The summed E-state index contributed by atoms with van der Waals surface area (Å²) in [6.07, 6.45) is -0.804. The molecule has 2 saturated heterocycles. The molecule has 0 bridgehead atoms. The molecule has 2 aliphatic heterocycles. The number of methoxy groups -OCH3 is 1. The summed E-state index contributed by atoms with van der Waals surface area (Å²) in [5, 5.41) is 1.74. The molecule has 0 aromatic heterocycles. The zero-order valence-electron chi connectivity index (χ0n) is 16.5. The molecule has 146 valence electrons. The van der Waals surface area contributed by atoms with Gasteiger partial charge < -0.3 is 4.74 Å². The van der Waals surface area contributed by atoms with Crippen LogP contribution in [0.4, 0.5) is 5.69 Å². The number of anilines is 1. The van der Waals surface area contributed by atoms with Crippen molar-refractivity contribution in [2.75, 3.05) is 12.2 Å². The smallest absolute Gasteiger partial charge is 0.262 e. The number of carbonyl (C=O) groups excluding carboxylic acids is 2. The maximum atomic E-state index is 13.2. The molecule has 28 heavy (non-hydrogen) atoms. The lowest BCUT2D eigenvalue weighted by Crippen LogP contribution is -2.41. The predicted molar refractivity (Wildman–Crippen MR) is 105 cm³/mol. The quantitative estimate of drug-likeness (QED) is 0.762. The molecule has 0 spiro atoms. The summed E-state index contributed by atoms with van der Waals surface area (Å²) >= 11 is 0. The Hall–Kier alpha value is -2.86. The minimum Gasteiger partial charge on any atom is -0.497 e. The Balaban J connectivity index is 1.81. The summed E-state index contributed by atoms with van der Waals surface area (Å²) in [6, 6.07) is 14.8. The maximum Gasteiger partial charge on any atom is 0.262 e. The number of ether oxygens (including phenoxy) is 1. The van der Waals surface area contributed by atoms with E-state index in [0.29, 0.717) is 0 Å². The largest absolute Gasteiger partial charge is 0.497 e. The van der Waals surface area contributed by atoms with Gasteiger partial charge in [-0.05, 0) is 50.1 Å². The van der Waals surface area contributed by atoms with Crippen LogP contribution >= 0.6 is 0 Å². The number of hydrogen-bond acceptors (Lipinski definition) is 5. The van der Waals surface area contributed by atoms with Gasteiger partial charge in [-0.15, -0.1) is 0 Å². The molecule has 6 heteroatoms. The second-order valence-corrected chi connectivity index (χ2v) is 7.52. The average molecular weight is 380 g/mol. The van der Waals surface area contributed by atoms with E-state index in [1.165, 1.54) is 4.90 Å². The minimum atomic E-state index is -0.804. The highest BCUT2D eigenvalue weighted by Crippen LogP contribution is 2.47. The zero-order chi connectivity index (χ0) is 20.0. The van der Waals surface area contributed by atoms with Crippen LogP contribution in [-0.2, 0) is 14.4 Å². The normalized spacial score (nSPS) is 24.2. The standard InChI is InChI=1S/C22H24N2O4/c1-13(2)23-21(25)18-19(15-9-11-16(27-4)12-10-15)24(28-20(18)22(23)26)17-8-6-5-7-14(17)3/h5-13,18-20H,1-4H3. The SMILES string of the molecule is COc1ccc(C2C3C(=O)N(C(C)C)C(=O)C3ON2c2ccccc2C)cc1. The molecule has 0 saturated carbocycles. The monoisotopic (exact) mass is 380 g/mol. The van der Waals surface area contributed by atoms with Gasteiger partial charge in [0, 0.05) is 6.04 Å². The molecule has 3 atom stereocenters. The van der Waals surface area contributed by atoms with Crippen molar-refractivity contribution in [3.63, 3.8) is 0 Å². The van der Waals surface area contributed by atoms with E-state index >= 15 is 0 Å². The highest BCUT2D eigenvalue weighted by molar-refractivity contribution is 6.08. The second kappa shape index (κ2) is 6.95. The fourth-order valence-corrected chi connectivity index (χ4v) is 4.10. The summed E-state index contributed by atoms with van der Waals surface area (Å²) in [5.41, 5.74) is 2.78. The van der Waals surface area contributed by atoms with Gasteiger partial charge in [0.1, 0.15) is 11.7 Å². The molecular weight excluding hydrogens is 356 g/mol. The number of rotatable bonds is 4. The first-order valence-corrected chi connectivity index (χ1v) is 9.46. The lowest BCUT2D eigenvalue weighted by molar-refractivity contribution is -0.145. The van der Waals surface area contributed by atoms with Crippen molar-refractivity contribution >= 4 is 17.5 Å². The Morgan fingerprint density at radius 3 is 2.29 bits per heavy atom. The van der Waals surface area contributed by atoms with Crippen molar-refractivity contribution in [1.29, 1.82) is 0 Å². The van der Waals surface area contributed by atoms with Crippen LogP contribution in [0, 0.1) is 12.8 Å². The van der Waals surface area contributed by atoms with E-state index in [9.17, 15) is 9.59 Å². The number of hydrogen-bond donors (Lipinski definition) is 0. The van der Waals surface area contributed by atoms with Crippen molar-refractivity contribution in [3.05, 3.63) is 59.7 Å². The number of fused-ring (bicyclic) bond motifs is 1. The number of likely N-dealkylation sites (tertiary alicyclic amines) is 1. The highest BCUT2D eigenvalue weighted by atomic mass is 16.7. The molecule has 2 amide bonds. The van der Waals surface area contributed by atoms with Crippen LogP contribution in [0.5, 0.6) is 5.75 Å². The van der Waals surface area contributed by atoms with Crippen molar-refractivity contribution in [3.8, 4) is 5.75 Å². The van der Waals surface area contributed by atoms with Gasteiger partial charge in [0.15, 0.2) is 6.10 Å². The van der Waals surface area contributed by atoms with Crippen molar-refractivity contribution < 1.29 is 19.2 Å². The summed E-state index contributed by atoms with van der Waals surface area (Å²) in [5.74, 6) is -0.288. The van der Waals surface area contributed by atoms with Crippen LogP contribution in [0.2, 0.25) is 0 Å². The molecule has 3 unspecified atom stereocenters. The Bertz CT molecular complexity index is 909. The van der Waals surface area contributed by atoms with Gasteiger partial charge in [0.05, 0.1) is 18.8 Å². The first-order valence-electron chi connectivity index (χ1n) is 9.46. The number of imide groups is 1. The molecule has 2 aliphatic rings. The molecule has 2 aromatic rings. The Kier molecular flexibility index (Phi) is 4.59. The third-order valence-corrected chi connectivity index (χ3v) is 5.48. The Morgan fingerprint density at radius 2 is 1.68 bits per heavy atom. The van der Waals surface area contributed by atoms with E-state index in [0.717, 1.165) is 22.6 Å². The van der Waals surface area contributed by atoms with Gasteiger partial charge in [0.25, 0.3) is 5.91 Å². The summed E-state index contributed by atoms with van der Waals surface area (Å²) in [7, 11) is 1.61. The van der Waals surface area contributed by atoms with Gasteiger partial charge in [-0.1, -0.05) is 30.3 Å². The number of nitrogens with zero attached hydrogens (tertiary/aromatic N) is 2. The Labute approximate surface area is 164 Å². The molecule has 2 heterocycles. The van der Waals surface area contributed by atoms with Crippen molar-refractivity contribution in [2.24, 2.45) is 5.92 Å². The molecule has 2 fully saturated rings. The number of carbonyl (C=O) groups is 2. The van der Waals surface area contributed by atoms with Gasteiger partial charge in [-0.3, -0.25) is 19.3 Å². The number of para-hydroxylation sites is 1. The average Bonchev–Trinajstić information content (AvgIpc) is 3.18. The summed E-state index contributed by atoms with van der Waals surface area (Å²) in [4.78, 5) is 33.6. The minimum absolute atomic E-state index is 0.179. The van der Waals surface area contributed by atoms with E-state index in [4.69, 9.17) is 9.57 Å². The summed E-state index contributed by atoms with van der Waals surface area (Å²) in [6.45, 7) is 5.68. The van der Waals surface area contributed by atoms with E-state index in [-0.39, 0.29) is 17.9 Å². The third-order valence-electron chi connectivity index (χ3n) is 5.48. The van der Waals surface area contributed by atoms with Gasteiger partial charge in [-0.2, -0.15) is 0 Å². The molecule has 0 N–H and O–H groups in total. The molecule has 0 aliphatic carbocycles. The van der Waals surface area contributed by atoms with Crippen LogP contribution in [0.3, 0.4) is 0 Å². The second-order valence-electron chi connectivity index (χ2n) is 7.52. The van der Waals surface area contributed by atoms with Crippen LogP contribution in [0.15, 0.2) is 48.5 Å². The molecule has 6 nitrogen and oxygen atoms in total. The summed E-state index contributed by atoms with van der Waals surface area (Å²) < 4.78 is 5.26. The van der Waals surface area contributed by atoms with E-state index in [2.05, 4.69) is 0 Å². The number of benzene rings is 2. The van der Waals surface area contributed by atoms with Crippen LogP contribution in [0.25, 0.3) is 0 Å². The van der Waals surface area contributed by atoms with Gasteiger partial charge in [0.2, 0.25) is 5.91 Å². The lowest BCUT2D eigenvalue weighted by Gasteiger charge is -2.30. The first-order chi connectivity index (χ1) is 13.4. The van der Waals surface area contributed by atoms with Crippen LogP contribution in [-0.4, -0.2) is 36.0 Å². The van der Waals surface area contributed by atoms with Crippen LogP contribution in [0.1, 0.15) is 31.0 Å². The Morgan fingerprint density at radius 1 is 1.00 bits per heavy atom.